The highest BCUT2D eigenvalue weighted by Gasteiger charge is 2.69. The molecular weight excluding hydrogens is 350 g/mol. The Kier molecular flexibility index (Phi) is 4.05. The molecule has 2 amide bonds. The van der Waals surface area contributed by atoms with Gasteiger partial charge in [0, 0.05) is 25.7 Å². The van der Waals surface area contributed by atoms with Crippen molar-refractivity contribution < 1.29 is 28.7 Å². The van der Waals surface area contributed by atoms with E-state index in [1.807, 2.05) is 19.1 Å². The van der Waals surface area contributed by atoms with Gasteiger partial charge in [0.25, 0.3) is 0 Å². The molecule has 0 spiro atoms. The summed E-state index contributed by atoms with van der Waals surface area (Å²) < 4.78 is 10.8. The Hall–Kier alpha value is -2.70. The predicted molar refractivity (Wildman–Crippen MR) is 93.4 cm³/mol. The molecule has 6 atom stereocenters. The number of imide groups is 1. The zero-order chi connectivity index (χ0) is 19.5. The summed E-state index contributed by atoms with van der Waals surface area (Å²) in [6, 6.07) is 7.20. The molecule has 1 saturated heterocycles. The van der Waals surface area contributed by atoms with Crippen molar-refractivity contribution in [1.82, 2.24) is 0 Å². The van der Waals surface area contributed by atoms with Gasteiger partial charge >= 0.3 is 11.9 Å². The van der Waals surface area contributed by atoms with Crippen molar-refractivity contribution in [2.45, 2.75) is 39.4 Å². The third-order valence-corrected chi connectivity index (χ3v) is 5.93. The zero-order valence-corrected chi connectivity index (χ0v) is 15.4. The number of benzene rings is 1. The maximum Gasteiger partial charge on any atom is 0.303 e. The molecule has 2 aliphatic carbocycles. The Labute approximate surface area is 156 Å². The van der Waals surface area contributed by atoms with Crippen molar-refractivity contribution in [3.63, 3.8) is 0 Å². The van der Waals surface area contributed by atoms with Crippen LogP contribution in [0.4, 0.5) is 5.69 Å². The molecule has 2 saturated carbocycles. The number of ether oxygens (including phenoxy) is 2. The van der Waals surface area contributed by atoms with E-state index in [0.29, 0.717) is 12.1 Å². The molecule has 7 nitrogen and oxygen atoms in total. The molecule has 0 N–H and O–H groups in total. The summed E-state index contributed by atoms with van der Waals surface area (Å²) in [5.41, 5.74) is 1.57. The second-order valence-corrected chi connectivity index (χ2v) is 7.61. The monoisotopic (exact) mass is 371 g/mol. The lowest BCUT2D eigenvalue weighted by Crippen LogP contribution is -2.47. The molecule has 2 bridgehead atoms. The molecule has 4 rings (SSSR count). The number of hydrogen-bond donors (Lipinski definition) is 0. The van der Waals surface area contributed by atoms with E-state index < -0.39 is 36.0 Å². The lowest BCUT2D eigenvalue weighted by Gasteiger charge is -2.34. The summed E-state index contributed by atoms with van der Waals surface area (Å²) >= 11 is 0. The number of anilines is 1. The fourth-order valence-corrected chi connectivity index (χ4v) is 5.03. The predicted octanol–water partition coefficient (Wildman–Crippen LogP) is 1.61. The van der Waals surface area contributed by atoms with Crippen LogP contribution in [0.2, 0.25) is 0 Å². The fourth-order valence-electron chi connectivity index (χ4n) is 5.03. The molecule has 7 heteroatoms. The molecule has 142 valence electrons. The van der Waals surface area contributed by atoms with Crippen molar-refractivity contribution >= 4 is 29.4 Å². The van der Waals surface area contributed by atoms with E-state index in [1.54, 1.807) is 12.1 Å². The number of esters is 2. The maximum absolute atomic E-state index is 13.1. The average molecular weight is 371 g/mol. The average Bonchev–Trinajstić information content (AvgIpc) is 3.20. The third-order valence-electron chi connectivity index (χ3n) is 5.93. The van der Waals surface area contributed by atoms with Gasteiger partial charge in [-0.25, -0.2) is 0 Å². The lowest BCUT2D eigenvalue weighted by molar-refractivity contribution is -0.175. The number of aryl methyl sites for hydroxylation is 1. The molecule has 3 fully saturated rings. The number of rotatable bonds is 3. The van der Waals surface area contributed by atoms with Gasteiger partial charge in [-0.2, -0.15) is 0 Å². The van der Waals surface area contributed by atoms with Crippen molar-refractivity contribution in [2.24, 2.45) is 23.7 Å². The van der Waals surface area contributed by atoms with Crippen LogP contribution in [0.5, 0.6) is 0 Å². The normalized spacial score (nSPS) is 34.0. The molecule has 0 aromatic heterocycles. The van der Waals surface area contributed by atoms with E-state index >= 15 is 0 Å². The number of amides is 2. The van der Waals surface area contributed by atoms with Crippen LogP contribution >= 0.6 is 0 Å². The number of carbonyl (C=O) groups excluding carboxylic acids is 4. The standard InChI is InChI=1S/C20H21NO6/c1-9-4-6-12(7-5-9)21-19(24)15-13-8-14(16(15)20(21)25)18(27-11(3)23)17(13)26-10(2)22/h4-7,13-18H,8H2,1-3H3/t13-,14+,15-,16-,17+,18-/m0/s1. The van der Waals surface area contributed by atoms with E-state index in [1.165, 1.54) is 18.7 Å². The molecular formula is C20H21NO6. The minimum absolute atomic E-state index is 0.264. The van der Waals surface area contributed by atoms with Crippen LogP contribution in [0, 0.1) is 30.6 Å². The minimum Gasteiger partial charge on any atom is -0.458 e. The fraction of sp³-hybridized carbons (Fsp3) is 0.500. The highest BCUT2D eigenvalue weighted by Crippen LogP contribution is 2.58. The molecule has 0 radical (unpaired) electrons. The van der Waals surface area contributed by atoms with Crippen molar-refractivity contribution in [1.29, 1.82) is 0 Å². The van der Waals surface area contributed by atoms with Crippen LogP contribution in [0.3, 0.4) is 0 Å². The molecule has 1 aliphatic heterocycles. The number of fused-ring (bicyclic) bond motifs is 5. The van der Waals surface area contributed by atoms with Crippen LogP contribution in [0.1, 0.15) is 25.8 Å². The smallest absolute Gasteiger partial charge is 0.303 e. The molecule has 1 aromatic rings. The minimum atomic E-state index is -0.688. The quantitative estimate of drug-likeness (QED) is 0.592. The van der Waals surface area contributed by atoms with Crippen molar-refractivity contribution in [2.75, 3.05) is 4.90 Å². The second kappa shape index (κ2) is 6.18. The molecule has 0 unspecified atom stereocenters. The number of hydrogen-bond acceptors (Lipinski definition) is 6. The first-order valence-electron chi connectivity index (χ1n) is 9.08. The van der Waals surface area contributed by atoms with Crippen LogP contribution < -0.4 is 4.90 Å². The Morgan fingerprint density at radius 1 is 0.889 bits per heavy atom. The van der Waals surface area contributed by atoms with Crippen molar-refractivity contribution in [3.05, 3.63) is 29.8 Å². The van der Waals surface area contributed by atoms with Gasteiger partial charge in [0.05, 0.1) is 17.5 Å². The zero-order valence-electron chi connectivity index (χ0n) is 15.4. The van der Waals surface area contributed by atoms with Gasteiger partial charge in [-0.3, -0.25) is 24.1 Å². The molecule has 1 heterocycles. The first kappa shape index (κ1) is 17.7. The van der Waals surface area contributed by atoms with Gasteiger partial charge in [0.2, 0.25) is 11.8 Å². The van der Waals surface area contributed by atoms with Gasteiger partial charge in [0.1, 0.15) is 12.2 Å². The second-order valence-electron chi connectivity index (χ2n) is 7.61. The van der Waals surface area contributed by atoms with Crippen LogP contribution in [0.25, 0.3) is 0 Å². The lowest BCUT2D eigenvalue weighted by atomic mass is 9.78. The summed E-state index contributed by atoms with van der Waals surface area (Å²) in [4.78, 5) is 50.5. The van der Waals surface area contributed by atoms with E-state index in [0.717, 1.165) is 5.56 Å². The number of carbonyl (C=O) groups is 4. The Balaban J connectivity index is 1.68. The molecule has 1 aromatic carbocycles. The first-order chi connectivity index (χ1) is 12.8. The van der Waals surface area contributed by atoms with E-state index in [4.69, 9.17) is 9.47 Å². The summed E-state index contributed by atoms with van der Waals surface area (Å²) in [5, 5.41) is 0. The van der Waals surface area contributed by atoms with Gasteiger partial charge in [-0.05, 0) is 25.5 Å². The van der Waals surface area contributed by atoms with Crippen LogP contribution in [-0.4, -0.2) is 36.0 Å². The van der Waals surface area contributed by atoms with E-state index in [2.05, 4.69) is 0 Å². The topological polar surface area (TPSA) is 90.0 Å². The van der Waals surface area contributed by atoms with Gasteiger partial charge in [0.15, 0.2) is 0 Å². The van der Waals surface area contributed by atoms with E-state index in [9.17, 15) is 19.2 Å². The summed E-state index contributed by atoms with van der Waals surface area (Å²) in [6.07, 6.45) is -0.843. The molecule has 27 heavy (non-hydrogen) atoms. The highest BCUT2D eigenvalue weighted by atomic mass is 16.6. The van der Waals surface area contributed by atoms with E-state index in [-0.39, 0.29) is 23.7 Å². The SMILES string of the molecule is CC(=O)O[C@@H]1[C@H]2C[C@@H]([C@@H]1OC(C)=O)[C@@H]1C(=O)N(c3ccc(C)cc3)C(=O)[C@@H]21. The molecule has 3 aliphatic rings. The van der Waals surface area contributed by atoms with Gasteiger partial charge in [-0.15, -0.1) is 0 Å². The van der Waals surface area contributed by atoms with Crippen LogP contribution in [-0.2, 0) is 28.7 Å². The Morgan fingerprint density at radius 2 is 1.33 bits per heavy atom. The maximum atomic E-state index is 13.1. The highest BCUT2D eigenvalue weighted by molar-refractivity contribution is 6.22. The van der Waals surface area contributed by atoms with Gasteiger partial charge in [-0.1, -0.05) is 17.7 Å². The first-order valence-corrected chi connectivity index (χ1v) is 9.08. The largest absolute Gasteiger partial charge is 0.458 e. The number of nitrogens with zero attached hydrogens (tertiary/aromatic N) is 1. The summed E-state index contributed by atoms with van der Waals surface area (Å²) in [6.45, 7) is 4.50. The Bertz CT molecular complexity index is 785. The Morgan fingerprint density at radius 3 is 1.74 bits per heavy atom. The van der Waals surface area contributed by atoms with Crippen molar-refractivity contribution in [3.8, 4) is 0 Å². The summed E-state index contributed by atoms with van der Waals surface area (Å²) in [7, 11) is 0. The third kappa shape index (κ3) is 2.64. The van der Waals surface area contributed by atoms with Crippen LogP contribution in [0.15, 0.2) is 24.3 Å². The summed E-state index contributed by atoms with van der Waals surface area (Å²) in [5.74, 6) is -3.23. The van der Waals surface area contributed by atoms with Gasteiger partial charge < -0.3 is 9.47 Å².